The first kappa shape index (κ1) is 17.0. The second kappa shape index (κ2) is 8.35. The molecular weight excluding hydrogens is 306 g/mol. The number of carbonyl (C=O) groups excluding carboxylic acids is 1. The van der Waals surface area contributed by atoms with Crippen LogP contribution in [0.25, 0.3) is 0 Å². The Morgan fingerprint density at radius 2 is 1.96 bits per heavy atom. The van der Waals surface area contributed by atoms with Crippen molar-refractivity contribution in [2.45, 2.75) is 19.4 Å². The van der Waals surface area contributed by atoms with Gasteiger partial charge in [0.2, 0.25) is 5.91 Å². The van der Waals surface area contributed by atoms with E-state index in [9.17, 15) is 4.79 Å². The first-order valence-corrected chi connectivity index (χ1v) is 8.76. The number of methoxy groups -OCH3 is 1. The minimum atomic E-state index is 0.0927. The molecule has 2 heterocycles. The van der Waals surface area contributed by atoms with Crippen LogP contribution < -0.4 is 14.8 Å². The highest BCUT2D eigenvalue weighted by molar-refractivity contribution is 5.78. The van der Waals surface area contributed by atoms with Gasteiger partial charge < -0.3 is 14.8 Å². The van der Waals surface area contributed by atoms with Gasteiger partial charge in [0.25, 0.3) is 0 Å². The standard InChI is InChI=1S/C18H27N3O3/c1-23-17-12-15(13-21-9-6-19-18(22)14-21)4-5-16(17)24-11-10-20-7-2-3-8-20/h4-5,12H,2-3,6-11,13-14H2,1H3,(H,19,22). The molecule has 2 aliphatic rings. The number of piperazine rings is 1. The normalized spacial score (nSPS) is 19.3. The number of likely N-dealkylation sites (tertiary alicyclic amines) is 1. The Morgan fingerprint density at radius 1 is 1.12 bits per heavy atom. The van der Waals surface area contributed by atoms with Gasteiger partial charge in [-0.1, -0.05) is 6.07 Å². The molecule has 1 aromatic carbocycles. The molecule has 1 N–H and O–H groups in total. The Balaban J connectivity index is 1.54. The van der Waals surface area contributed by atoms with Crippen LogP contribution in [0.1, 0.15) is 18.4 Å². The van der Waals surface area contributed by atoms with Crippen molar-refractivity contribution in [3.63, 3.8) is 0 Å². The van der Waals surface area contributed by atoms with Gasteiger partial charge in [0.1, 0.15) is 6.61 Å². The number of hydrogen-bond acceptors (Lipinski definition) is 5. The molecule has 1 aromatic rings. The summed E-state index contributed by atoms with van der Waals surface area (Å²) in [5, 5.41) is 2.85. The molecular formula is C18H27N3O3. The number of nitrogens with zero attached hydrogens (tertiary/aromatic N) is 2. The van der Waals surface area contributed by atoms with Gasteiger partial charge in [-0.2, -0.15) is 0 Å². The largest absolute Gasteiger partial charge is 0.493 e. The summed E-state index contributed by atoms with van der Waals surface area (Å²) >= 11 is 0. The number of ether oxygens (including phenoxy) is 2. The van der Waals surface area contributed by atoms with E-state index in [0.717, 1.165) is 36.7 Å². The predicted molar refractivity (Wildman–Crippen MR) is 92.4 cm³/mol. The topological polar surface area (TPSA) is 54.0 Å². The summed E-state index contributed by atoms with van der Waals surface area (Å²) in [6.07, 6.45) is 2.60. The van der Waals surface area contributed by atoms with Crippen molar-refractivity contribution >= 4 is 5.91 Å². The monoisotopic (exact) mass is 333 g/mol. The van der Waals surface area contributed by atoms with Gasteiger partial charge in [0, 0.05) is 26.2 Å². The molecule has 0 unspecified atom stereocenters. The average molecular weight is 333 g/mol. The van der Waals surface area contributed by atoms with Crippen molar-refractivity contribution in [2.24, 2.45) is 0 Å². The molecule has 0 atom stereocenters. The highest BCUT2D eigenvalue weighted by Crippen LogP contribution is 2.28. The van der Waals surface area contributed by atoms with E-state index in [1.807, 2.05) is 12.1 Å². The fourth-order valence-corrected chi connectivity index (χ4v) is 3.31. The SMILES string of the molecule is COc1cc(CN2CCNC(=O)C2)ccc1OCCN1CCCC1. The van der Waals surface area contributed by atoms with E-state index in [2.05, 4.69) is 21.2 Å². The molecule has 0 aliphatic carbocycles. The predicted octanol–water partition coefficient (Wildman–Crippen LogP) is 1.10. The van der Waals surface area contributed by atoms with E-state index in [-0.39, 0.29) is 5.91 Å². The van der Waals surface area contributed by atoms with Crippen molar-refractivity contribution in [1.29, 1.82) is 0 Å². The van der Waals surface area contributed by atoms with E-state index in [1.54, 1.807) is 7.11 Å². The molecule has 3 rings (SSSR count). The molecule has 2 fully saturated rings. The van der Waals surface area contributed by atoms with Crippen LogP contribution in [0.4, 0.5) is 0 Å². The summed E-state index contributed by atoms with van der Waals surface area (Å²) in [5.74, 6) is 1.64. The molecule has 132 valence electrons. The fourth-order valence-electron chi connectivity index (χ4n) is 3.31. The van der Waals surface area contributed by atoms with Gasteiger partial charge >= 0.3 is 0 Å². The van der Waals surface area contributed by atoms with Crippen LogP contribution in [-0.2, 0) is 11.3 Å². The minimum absolute atomic E-state index is 0.0927. The van der Waals surface area contributed by atoms with Gasteiger partial charge in [-0.15, -0.1) is 0 Å². The number of hydrogen-bond donors (Lipinski definition) is 1. The number of carbonyl (C=O) groups is 1. The van der Waals surface area contributed by atoms with Crippen LogP contribution in [0.3, 0.4) is 0 Å². The Kier molecular flexibility index (Phi) is 5.93. The molecule has 0 aromatic heterocycles. The maximum Gasteiger partial charge on any atom is 0.234 e. The molecule has 0 radical (unpaired) electrons. The molecule has 6 heteroatoms. The Bertz CT molecular complexity index is 558. The second-order valence-corrected chi connectivity index (χ2v) is 6.44. The molecule has 1 amide bonds. The lowest BCUT2D eigenvalue weighted by Gasteiger charge is -2.26. The van der Waals surface area contributed by atoms with Crippen molar-refractivity contribution in [3.8, 4) is 11.5 Å². The number of amides is 1. The van der Waals surface area contributed by atoms with Crippen LogP contribution in [0, 0.1) is 0 Å². The Hall–Kier alpha value is -1.79. The maximum atomic E-state index is 11.5. The van der Waals surface area contributed by atoms with E-state index in [0.29, 0.717) is 19.7 Å². The van der Waals surface area contributed by atoms with E-state index < -0.39 is 0 Å². The zero-order valence-corrected chi connectivity index (χ0v) is 14.4. The molecule has 24 heavy (non-hydrogen) atoms. The molecule has 6 nitrogen and oxygen atoms in total. The number of nitrogens with one attached hydrogen (secondary N) is 1. The zero-order chi connectivity index (χ0) is 16.8. The summed E-state index contributed by atoms with van der Waals surface area (Å²) in [7, 11) is 1.67. The highest BCUT2D eigenvalue weighted by Gasteiger charge is 2.17. The van der Waals surface area contributed by atoms with Crippen molar-refractivity contribution in [1.82, 2.24) is 15.1 Å². The number of rotatable bonds is 7. The third-order valence-corrected chi connectivity index (χ3v) is 4.62. The fraction of sp³-hybridized carbons (Fsp3) is 0.611. The first-order chi connectivity index (χ1) is 11.7. The van der Waals surface area contributed by atoms with E-state index in [1.165, 1.54) is 25.9 Å². The van der Waals surface area contributed by atoms with Gasteiger partial charge in [0.05, 0.1) is 13.7 Å². The molecule has 2 saturated heterocycles. The molecule has 0 spiro atoms. The summed E-state index contributed by atoms with van der Waals surface area (Å²) < 4.78 is 11.4. The van der Waals surface area contributed by atoms with Crippen LogP contribution in [0.5, 0.6) is 11.5 Å². The lowest BCUT2D eigenvalue weighted by molar-refractivity contribution is -0.124. The minimum Gasteiger partial charge on any atom is -0.493 e. The van der Waals surface area contributed by atoms with Gasteiger partial charge in [-0.25, -0.2) is 0 Å². The average Bonchev–Trinajstić information content (AvgIpc) is 3.09. The smallest absolute Gasteiger partial charge is 0.234 e. The summed E-state index contributed by atoms with van der Waals surface area (Å²) in [6, 6.07) is 6.04. The Labute approximate surface area is 143 Å². The third kappa shape index (κ3) is 4.61. The lowest BCUT2D eigenvalue weighted by Crippen LogP contribution is -2.47. The van der Waals surface area contributed by atoms with Crippen LogP contribution in [-0.4, -0.2) is 68.7 Å². The maximum absolute atomic E-state index is 11.5. The van der Waals surface area contributed by atoms with E-state index >= 15 is 0 Å². The summed E-state index contributed by atoms with van der Waals surface area (Å²) in [6.45, 7) is 6.81. The highest BCUT2D eigenvalue weighted by atomic mass is 16.5. The van der Waals surface area contributed by atoms with Crippen LogP contribution >= 0.6 is 0 Å². The molecule has 0 saturated carbocycles. The van der Waals surface area contributed by atoms with Gasteiger partial charge in [0.15, 0.2) is 11.5 Å². The quantitative estimate of drug-likeness (QED) is 0.810. The van der Waals surface area contributed by atoms with Gasteiger partial charge in [-0.3, -0.25) is 14.6 Å². The Morgan fingerprint density at radius 3 is 2.71 bits per heavy atom. The van der Waals surface area contributed by atoms with E-state index in [4.69, 9.17) is 9.47 Å². The van der Waals surface area contributed by atoms with Crippen molar-refractivity contribution < 1.29 is 14.3 Å². The van der Waals surface area contributed by atoms with Crippen molar-refractivity contribution in [3.05, 3.63) is 23.8 Å². The summed E-state index contributed by atoms with van der Waals surface area (Å²) in [4.78, 5) is 16.0. The third-order valence-electron chi connectivity index (χ3n) is 4.62. The number of benzene rings is 1. The first-order valence-electron chi connectivity index (χ1n) is 8.76. The summed E-state index contributed by atoms with van der Waals surface area (Å²) in [5.41, 5.74) is 1.13. The van der Waals surface area contributed by atoms with Crippen LogP contribution in [0.15, 0.2) is 18.2 Å². The van der Waals surface area contributed by atoms with Crippen LogP contribution in [0.2, 0.25) is 0 Å². The molecule has 2 aliphatic heterocycles. The lowest BCUT2D eigenvalue weighted by atomic mass is 10.1. The van der Waals surface area contributed by atoms with Gasteiger partial charge in [-0.05, 0) is 43.6 Å². The van der Waals surface area contributed by atoms with Crippen molar-refractivity contribution in [2.75, 3.05) is 53.0 Å². The zero-order valence-electron chi connectivity index (χ0n) is 14.4. The molecule has 0 bridgehead atoms. The second-order valence-electron chi connectivity index (χ2n) is 6.44.